The molecule has 1 unspecified atom stereocenters. The number of rotatable bonds is 7. The van der Waals surface area contributed by atoms with Gasteiger partial charge in [-0.3, -0.25) is 4.79 Å². The van der Waals surface area contributed by atoms with E-state index in [1.165, 1.54) is 0 Å². The summed E-state index contributed by atoms with van der Waals surface area (Å²) < 4.78 is 9.98. The zero-order valence-electron chi connectivity index (χ0n) is 11.8. The summed E-state index contributed by atoms with van der Waals surface area (Å²) in [6.45, 7) is 2.82. The molecule has 0 saturated carbocycles. The summed E-state index contributed by atoms with van der Waals surface area (Å²) in [5, 5.41) is 0. The van der Waals surface area contributed by atoms with Crippen LogP contribution in [0.2, 0.25) is 0 Å². The van der Waals surface area contributed by atoms with E-state index < -0.39 is 6.04 Å². The fourth-order valence-electron chi connectivity index (χ4n) is 1.67. The van der Waals surface area contributed by atoms with Crippen LogP contribution >= 0.6 is 0 Å². The molecular formula is C14H22N2O3. The highest BCUT2D eigenvalue weighted by molar-refractivity contribution is 5.75. The second-order valence-electron chi connectivity index (χ2n) is 4.27. The molecule has 2 N–H and O–H groups in total. The van der Waals surface area contributed by atoms with E-state index in [4.69, 9.17) is 15.2 Å². The maximum absolute atomic E-state index is 11.4. The number of ether oxygens (including phenoxy) is 2. The van der Waals surface area contributed by atoms with Crippen molar-refractivity contribution in [2.45, 2.75) is 19.4 Å². The van der Waals surface area contributed by atoms with Crippen LogP contribution in [0.1, 0.15) is 13.3 Å². The van der Waals surface area contributed by atoms with Gasteiger partial charge >= 0.3 is 5.97 Å². The van der Waals surface area contributed by atoms with E-state index in [1.807, 2.05) is 36.2 Å². The fraction of sp³-hybridized carbons (Fsp3) is 0.500. The van der Waals surface area contributed by atoms with Crippen molar-refractivity contribution in [2.24, 2.45) is 5.73 Å². The third-order valence-electron chi connectivity index (χ3n) is 2.88. The molecule has 1 aromatic carbocycles. The molecule has 0 heterocycles. The zero-order valence-corrected chi connectivity index (χ0v) is 11.8. The Morgan fingerprint density at radius 3 is 2.53 bits per heavy atom. The largest absolute Gasteiger partial charge is 0.497 e. The zero-order chi connectivity index (χ0) is 14.3. The third kappa shape index (κ3) is 4.79. The summed E-state index contributed by atoms with van der Waals surface area (Å²) in [6, 6.07) is 7.16. The van der Waals surface area contributed by atoms with E-state index in [1.54, 1.807) is 14.0 Å². The number of methoxy groups -OCH3 is 1. The Morgan fingerprint density at radius 2 is 2.00 bits per heavy atom. The molecule has 0 aliphatic heterocycles. The molecule has 0 fully saturated rings. The molecule has 1 aromatic rings. The molecule has 0 amide bonds. The minimum absolute atomic E-state index is 0.342. The Labute approximate surface area is 114 Å². The Balaban J connectivity index is 2.45. The molecule has 5 nitrogen and oxygen atoms in total. The second kappa shape index (κ2) is 7.63. The van der Waals surface area contributed by atoms with Gasteiger partial charge in [0.05, 0.1) is 13.7 Å². The molecule has 0 radical (unpaired) electrons. The Kier molecular flexibility index (Phi) is 6.15. The second-order valence-corrected chi connectivity index (χ2v) is 4.27. The highest BCUT2D eigenvalue weighted by Gasteiger charge is 2.15. The van der Waals surface area contributed by atoms with Gasteiger partial charge in [0.25, 0.3) is 0 Å². The summed E-state index contributed by atoms with van der Waals surface area (Å²) in [5.41, 5.74) is 6.81. The number of nitrogens with two attached hydrogens (primary N) is 1. The quantitative estimate of drug-likeness (QED) is 0.756. The Hall–Kier alpha value is -1.75. The van der Waals surface area contributed by atoms with Gasteiger partial charge in [-0.25, -0.2) is 0 Å². The van der Waals surface area contributed by atoms with Crippen molar-refractivity contribution in [1.29, 1.82) is 0 Å². The number of benzene rings is 1. The number of nitrogens with zero attached hydrogens (tertiary/aromatic N) is 1. The normalized spacial score (nSPS) is 11.8. The number of carbonyl (C=O) groups excluding carboxylic acids is 1. The average Bonchev–Trinajstić information content (AvgIpc) is 2.44. The number of hydrogen-bond acceptors (Lipinski definition) is 5. The molecule has 106 valence electrons. The van der Waals surface area contributed by atoms with Crippen LogP contribution in [0.5, 0.6) is 5.75 Å². The third-order valence-corrected chi connectivity index (χ3v) is 2.88. The van der Waals surface area contributed by atoms with Crippen LogP contribution in [0.15, 0.2) is 24.3 Å². The summed E-state index contributed by atoms with van der Waals surface area (Å²) >= 11 is 0. The first-order chi connectivity index (χ1) is 9.08. The van der Waals surface area contributed by atoms with Crippen LogP contribution in [0, 0.1) is 0 Å². The van der Waals surface area contributed by atoms with Crippen LogP contribution in [0.3, 0.4) is 0 Å². The molecule has 5 heteroatoms. The molecule has 19 heavy (non-hydrogen) atoms. The van der Waals surface area contributed by atoms with Gasteiger partial charge in [0.2, 0.25) is 0 Å². The van der Waals surface area contributed by atoms with Crippen molar-refractivity contribution in [1.82, 2.24) is 0 Å². The molecule has 0 saturated heterocycles. The number of esters is 1. The fourth-order valence-corrected chi connectivity index (χ4v) is 1.67. The molecule has 1 atom stereocenters. The van der Waals surface area contributed by atoms with Crippen molar-refractivity contribution < 1.29 is 14.3 Å². The highest BCUT2D eigenvalue weighted by atomic mass is 16.5. The van der Waals surface area contributed by atoms with E-state index in [9.17, 15) is 4.79 Å². The highest BCUT2D eigenvalue weighted by Crippen LogP contribution is 2.18. The van der Waals surface area contributed by atoms with E-state index in [2.05, 4.69) is 0 Å². The molecular weight excluding hydrogens is 244 g/mol. The lowest BCUT2D eigenvalue weighted by Gasteiger charge is -2.21. The molecule has 0 aliphatic carbocycles. The SMILES string of the molecule is CCOC(=O)C(N)CCN(C)c1ccc(OC)cc1. The van der Waals surface area contributed by atoms with Gasteiger partial charge in [-0.15, -0.1) is 0 Å². The molecule has 0 aliphatic rings. The number of anilines is 1. The molecule has 1 rings (SSSR count). The topological polar surface area (TPSA) is 64.8 Å². The van der Waals surface area contributed by atoms with E-state index >= 15 is 0 Å². The summed E-state index contributed by atoms with van der Waals surface area (Å²) in [6.07, 6.45) is 0.557. The van der Waals surface area contributed by atoms with Gasteiger partial charge in [-0.05, 0) is 37.6 Å². The molecule has 0 spiro atoms. The maximum atomic E-state index is 11.4. The Morgan fingerprint density at radius 1 is 1.37 bits per heavy atom. The van der Waals surface area contributed by atoms with Gasteiger partial charge < -0.3 is 20.1 Å². The first kappa shape index (κ1) is 15.3. The monoisotopic (exact) mass is 266 g/mol. The van der Waals surface area contributed by atoms with Crippen LogP contribution in [0.25, 0.3) is 0 Å². The number of carbonyl (C=O) groups is 1. The molecule has 0 bridgehead atoms. The van der Waals surface area contributed by atoms with Gasteiger partial charge in [-0.2, -0.15) is 0 Å². The lowest BCUT2D eigenvalue weighted by Crippen LogP contribution is -2.36. The minimum Gasteiger partial charge on any atom is -0.497 e. The van der Waals surface area contributed by atoms with Crippen molar-refractivity contribution in [3.8, 4) is 5.75 Å². The summed E-state index contributed by atoms with van der Waals surface area (Å²) in [5.74, 6) is 0.478. The van der Waals surface area contributed by atoms with Crippen molar-refractivity contribution in [3.05, 3.63) is 24.3 Å². The van der Waals surface area contributed by atoms with Crippen LogP contribution in [-0.2, 0) is 9.53 Å². The van der Waals surface area contributed by atoms with Crippen molar-refractivity contribution in [3.63, 3.8) is 0 Å². The summed E-state index contributed by atoms with van der Waals surface area (Å²) in [4.78, 5) is 13.4. The van der Waals surface area contributed by atoms with Gasteiger partial charge in [-0.1, -0.05) is 0 Å². The first-order valence-electron chi connectivity index (χ1n) is 6.36. The maximum Gasteiger partial charge on any atom is 0.322 e. The van der Waals surface area contributed by atoms with E-state index in [0.29, 0.717) is 19.6 Å². The predicted molar refractivity (Wildman–Crippen MR) is 75.5 cm³/mol. The van der Waals surface area contributed by atoms with Gasteiger partial charge in [0.1, 0.15) is 11.8 Å². The smallest absolute Gasteiger partial charge is 0.322 e. The van der Waals surface area contributed by atoms with Crippen molar-refractivity contribution >= 4 is 11.7 Å². The Bertz CT molecular complexity index is 392. The average molecular weight is 266 g/mol. The van der Waals surface area contributed by atoms with Crippen molar-refractivity contribution in [2.75, 3.05) is 32.2 Å². The van der Waals surface area contributed by atoms with Crippen LogP contribution in [-0.4, -0.2) is 39.3 Å². The van der Waals surface area contributed by atoms with Crippen LogP contribution in [0.4, 0.5) is 5.69 Å². The lowest BCUT2D eigenvalue weighted by atomic mass is 10.2. The van der Waals surface area contributed by atoms with E-state index in [0.717, 1.165) is 11.4 Å². The first-order valence-corrected chi connectivity index (χ1v) is 6.36. The predicted octanol–water partition coefficient (Wildman–Crippen LogP) is 1.41. The van der Waals surface area contributed by atoms with Gasteiger partial charge in [0, 0.05) is 19.3 Å². The minimum atomic E-state index is -0.569. The summed E-state index contributed by atoms with van der Waals surface area (Å²) in [7, 11) is 3.59. The standard InChI is InChI=1S/C14H22N2O3/c1-4-19-14(17)13(15)9-10-16(2)11-5-7-12(18-3)8-6-11/h5-8,13H,4,9-10,15H2,1-3H3. The molecule has 0 aromatic heterocycles. The van der Waals surface area contributed by atoms with E-state index in [-0.39, 0.29) is 5.97 Å². The van der Waals surface area contributed by atoms with Gasteiger partial charge in [0.15, 0.2) is 0 Å². The number of hydrogen-bond donors (Lipinski definition) is 1. The lowest BCUT2D eigenvalue weighted by molar-refractivity contribution is -0.144. The van der Waals surface area contributed by atoms with Crippen LogP contribution < -0.4 is 15.4 Å².